The predicted molar refractivity (Wildman–Crippen MR) is 53.8 cm³/mol. The lowest BCUT2D eigenvalue weighted by molar-refractivity contribution is 0.0972. The number of aryl methyl sites for hydroxylation is 1. The average Bonchev–Trinajstić information content (AvgIpc) is 2.51. The second-order valence-electron chi connectivity index (χ2n) is 3.69. The molecule has 0 bridgehead atoms. The maximum absolute atomic E-state index is 9.87. The van der Waals surface area contributed by atoms with Crippen molar-refractivity contribution in [2.75, 3.05) is 13.7 Å². The number of methoxy groups -OCH3 is 1. The van der Waals surface area contributed by atoms with Gasteiger partial charge in [-0.05, 0) is 18.4 Å². The zero-order valence-corrected chi connectivity index (χ0v) is 8.97. The molecule has 1 rings (SSSR count). The van der Waals surface area contributed by atoms with Crippen LogP contribution in [0.2, 0.25) is 0 Å². The van der Waals surface area contributed by atoms with Crippen LogP contribution in [-0.2, 0) is 11.8 Å². The molecule has 2 atom stereocenters. The van der Waals surface area contributed by atoms with E-state index in [0.717, 1.165) is 5.69 Å². The summed E-state index contributed by atoms with van der Waals surface area (Å²) in [6, 6.07) is 1.84. The smallest absolute Gasteiger partial charge is 0.0959 e. The number of ether oxygens (including phenoxy) is 1. The Hall–Kier alpha value is -0.870. The van der Waals surface area contributed by atoms with Gasteiger partial charge < -0.3 is 9.84 Å². The molecule has 1 aromatic heterocycles. The summed E-state index contributed by atoms with van der Waals surface area (Å²) in [6.07, 6.45) is 1.94. The van der Waals surface area contributed by atoms with Crippen LogP contribution in [0.1, 0.15) is 25.1 Å². The molecule has 0 aromatic carbocycles. The van der Waals surface area contributed by atoms with Crippen LogP contribution in [0.5, 0.6) is 0 Å². The first-order valence-electron chi connectivity index (χ1n) is 4.80. The maximum Gasteiger partial charge on any atom is 0.0959 e. The minimum atomic E-state index is -0.451. The normalized spacial score (nSPS) is 15.4. The summed E-state index contributed by atoms with van der Waals surface area (Å²) in [5.74, 6) is 0.352. The standard InChI is InChI=1S/C10H18N2O2/c1-8(7-14-3)6-10(13)9-4-5-11-12(9)2/h4-5,8,10,13H,6-7H2,1-3H3. The van der Waals surface area contributed by atoms with E-state index < -0.39 is 6.10 Å². The van der Waals surface area contributed by atoms with Crippen molar-refractivity contribution >= 4 is 0 Å². The third-order valence-electron chi connectivity index (χ3n) is 2.28. The fourth-order valence-corrected chi connectivity index (χ4v) is 1.57. The number of aliphatic hydroxyl groups excluding tert-OH is 1. The van der Waals surface area contributed by atoms with Crippen molar-refractivity contribution in [3.8, 4) is 0 Å². The Kier molecular flexibility index (Phi) is 4.10. The molecule has 0 saturated heterocycles. The van der Waals surface area contributed by atoms with Crippen molar-refractivity contribution in [1.29, 1.82) is 0 Å². The summed E-state index contributed by atoms with van der Waals surface area (Å²) in [6.45, 7) is 2.73. The Labute approximate surface area is 84.5 Å². The van der Waals surface area contributed by atoms with Gasteiger partial charge in [0.05, 0.1) is 11.8 Å². The minimum absolute atomic E-state index is 0.352. The monoisotopic (exact) mass is 198 g/mol. The summed E-state index contributed by atoms with van der Waals surface area (Å²) >= 11 is 0. The molecule has 1 heterocycles. The van der Waals surface area contributed by atoms with Gasteiger partial charge in [-0.2, -0.15) is 5.10 Å². The lowest BCUT2D eigenvalue weighted by atomic mass is 10.0. The van der Waals surface area contributed by atoms with Crippen LogP contribution in [0.3, 0.4) is 0 Å². The number of aliphatic hydroxyl groups is 1. The van der Waals surface area contributed by atoms with Gasteiger partial charge in [0.2, 0.25) is 0 Å². The van der Waals surface area contributed by atoms with Crippen molar-refractivity contribution in [1.82, 2.24) is 9.78 Å². The molecule has 4 heteroatoms. The van der Waals surface area contributed by atoms with Crippen LogP contribution >= 0.6 is 0 Å². The zero-order valence-electron chi connectivity index (χ0n) is 8.97. The van der Waals surface area contributed by atoms with Gasteiger partial charge in [-0.15, -0.1) is 0 Å². The van der Waals surface area contributed by atoms with Crippen LogP contribution in [0.15, 0.2) is 12.3 Å². The average molecular weight is 198 g/mol. The van der Waals surface area contributed by atoms with Gasteiger partial charge in [0.15, 0.2) is 0 Å². The van der Waals surface area contributed by atoms with Crippen LogP contribution in [0, 0.1) is 5.92 Å². The Morgan fingerprint density at radius 2 is 2.36 bits per heavy atom. The number of hydrogen-bond donors (Lipinski definition) is 1. The lowest BCUT2D eigenvalue weighted by Gasteiger charge is -2.15. The number of hydrogen-bond acceptors (Lipinski definition) is 3. The Bertz CT molecular complexity index is 273. The number of aromatic nitrogens is 2. The summed E-state index contributed by atoms with van der Waals surface area (Å²) in [4.78, 5) is 0. The molecule has 1 aromatic rings. The van der Waals surface area contributed by atoms with E-state index in [1.807, 2.05) is 13.1 Å². The highest BCUT2D eigenvalue weighted by atomic mass is 16.5. The van der Waals surface area contributed by atoms with Crippen molar-refractivity contribution in [2.45, 2.75) is 19.4 Å². The highest BCUT2D eigenvalue weighted by Crippen LogP contribution is 2.20. The maximum atomic E-state index is 9.87. The molecule has 0 amide bonds. The van der Waals surface area contributed by atoms with Gasteiger partial charge in [0, 0.05) is 27.0 Å². The van der Waals surface area contributed by atoms with Gasteiger partial charge in [0.25, 0.3) is 0 Å². The van der Waals surface area contributed by atoms with E-state index in [2.05, 4.69) is 12.0 Å². The van der Waals surface area contributed by atoms with E-state index in [1.54, 1.807) is 18.0 Å². The SMILES string of the molecule is COCC(C)CC(O)c1ccnn1C. The lowest BCUT2D eigenvalue weighted by Crippen LogP contribution is -2.12. The van der Waals surface area contributed by atoms with Crippen molar-refractivity contribution in [2.24, 2.45) is 13.0 Å². The van der Waals surface area contributed by atoms with Gasteiger partial charge in [-0.25, -0.2) is 0 Å². The summed E-state index contributed by atoms with van der Waals surface area (Å²) in [5, 5.41) is 13.9. The molecule has 0 spiro atoms. The molecular weight excluding hydrogens is 180 g/mol. The van der Waals surface area contributed by atoms with Crippen molar-refractivity contribution < 1.29 is 9.84 Å². The quantitative estimate of drug-likeness (QED) is 0.771. The van der Waals surface area contributed by atoms with E-state index >= 15 is 0 Å². The molecule has 0 aliphatic rings. The van der Waals surface area contributed by atoms with Gasteiger partial charge in [-0.1, -0.05) is 6.92 Å². The third kappa shape index (κ3) is 2.82. The largest absolute Gasteiger partial charge is 0.387 e. The molecule has 4 nitrogen and oxygen atoms in total. The highest BCUT2D eigenvalue weighted by molar-refractivity contribution is 5.03. The van der Waals surface area contributed by atoms with Gasteiger partial charge >= 0.3 is 0 Å². The molecule has 0 aliphatic heterocycles. The van der Waals surface area contributed by atoms with Crippen molar-refractivity contribution in [3.63, 3.8) is 0 Å². The Balaban J connectivity index is 2.50. The van der Waals surface area contributed by atoms with E-state index in [-0.39, 0.29) is 0 Å². The first kappa shape index (κ1) is 11.2. The number of rotatable bonds is 5. The summed E-state index contributed by atoms with van der Waals surface area (Å²) in [7, 11) is 3.51. The number of nitrogens with zero attached hydrogens (tertiary/aromatic N) is 2. The molecule has 0 fully saturated rings. The van der Waals surface area contributed by atoms with E-state index in [4.69, 9.17) is 4.74 Å². The minimum Gasteiger partial charge on any atom is -0.387 e. The molecule has 1 N–H and O–H groups in total. The van der Waals surface area contributed by atoms with E-state index in [0.29, 0.717) is 18.9 Å². The van der Waals surface area contributed by atoms with Crippen molar-refractivity contribution in [3.05, 3.63) is 18.0 Å². The third-order valence-corrected chi connectivity index (χ3v) is 2.28. The molecule has 2 unspecified atom stereocenters. The molecule has 14 heavy (non-hydrogen) atoms. The summed E-state index contributed by atoms with van der Waals surface area (Å²) in [5.41, 5.74) is 0.855. The molecule has 0 aliphatic carbocycles. The zero-order chi connectivity index (χ0) is 10.6. The van der Waals surface area contributed by atoms with Gasteiger partial charge in [0.1, 0.15) is 0 Å². The van der Waals surface area contributed by atoms with Crippen LogP contribution in [0.25, 0.3) is 0 Å². The van der Waals surface area contributed by atoms with Crippen LogP contribution in [0.4, 0.5) is 0 Å². The second-order valence-corrected chi connectivity index (χ2v) is 3.69. The topological polar surface area (TPSA) is 47.3 Å². The fourth-order valence-electron chi connectivity index (χ4n) is 1.57. The van der Waals surface area contributed by atoms with Crippen LogP contribution in [-0.4, -0.2) is 28.6 Å². The Morgan fingerprint density at radius 3 is 2.86 bits per heavy atom. The first-order valence-corrected chi connectivity index (χ1v) is 4.80. The predicted octanol–water partition coefficient (Wildman–Crippen LogP) is 1.13. The summed E-state index contributed by atoms with van der Waals surface area (Å²) < 4.78 is 6.72. The molecule has 80 valence electrons. The Morgan fingerprint density at radius 1 is 1.64 bits per heavy atom. The molecular formula is C10H18N2O2. The van der Waals surface area contributed by atoms with Gasteiger partial charge in [-0.3, -0.25) is 4.68 Å². The van der Waals surface area contributed by atoms with E-state index in [9.17, 15) is 5.11 Å². The molecule has 0 saturated carbocycles. The fraction of sp³-hybridized carbons (Fsp3) is 0.700. The molecule has 0 radical (unpaired) electrons. The van der Waals surface area contributed by atoms with E-state index in [1.165, 1.54) is 0 Å². The van der Waals surface area contributed by atoms with Crippen LogP contribution < -0.4 is 0 Å². The highest BCUT2D eigenvalue weighted by Gasteiger charge is 2.14. The first-order chi connectivity index (χ1) is 6.65. The second kappa shape index (κ2) is 5.12.